The van der Waals surface area contributed by atoms with E-state index in [0.29, 0.717) is 0 Å². The normalized spacial score (nSPS) is 12.1. The number of rotatable bonds is 10. The van der Waals surface area contributed by atoms with Crippen molar-refractivity contribution in [3.05, 3.63) is 0 Å². The maximum absolute atomic E-state index is 10.1. The fourth-order valence-corrected chi connectivity index (χ4v) is 1.77. The topological polar surface area (TPSA) is 29.4 Å². The Morgan fingerprint density at radius 1 is 1.00 bits per heavy atom. The first-order valence-corrected chi connectivity index (χ1v) is 6.42. The van der Waals surface area contributed by atoms with Gasteiger partial charge in [0.15, 0.2) is 0 Å². The van der Waals surface area contributed by atoms with Crippen molar-refractivity contribution >= 4 is 6.08 Å². The van der Waals surface area contributed by atoms with Gasteiger partial charge in [0.25, 0.3) is 0 Å². The lowest BCUT2D eigenvalue weighted by Gasteiger charge is -2.06. The fourth-order valence-electron chi connectivity index (χ4n) is 1.77. The van der Waals surface area contributed by atoms with E-state index in [-0.39, 0.29) is 6.04 Å². The molecule has 88 valence electrons. The third-order valence-electron chi connectivity index (χ3n) is 2.85. The van der Waals surface area contributed by atoms with Crippen molar-refractivity contribution in [1.29, 1.82) is 0 Å². The molecule has 1 atom stereocenters. The highest BCUT2D eigenvalue weighted by atomic mass is 16.1. The number of carbonyl (C=O) groups excluding carboxylic acids is 1. The molecular weight excluding hydrogens is 186 g/mol. The highest BCUT2D eigenvalue weighted by Crippen LogP contribution is 2.12. The first kappa shape index (κ1) is 14.4. The smallest absolute Gasteiger partial charge is 0.211 e. The van der Waals surface area contributed by atoms with Gasteiger partial charge in [0, 0.05) is 0 Å². The summed E-state index contributed by atoms with van der Waals surface area (Å²) in [5.74, 6) is 0. The molecule has 0 fully saturated rings. The van der Waals surface area contributed by atoms with E-state index in [1.165, 1.54) is 44.9 Å². The van der Waals surface area contributed by atoms with Gasteiger partial charge in [-0.05, 0) is 12.8 Å². The third-order valence-corrected chi connectivity index (χ3v) is 2.85. The standard InChI is InChI=1S/C13H25NO/c1-3-5-6-7-8-9-10-11-13(4-2)14-12-15/h13H,3-11H2,1-2H3. The van der Waals surface area contributed by atoms with Crippen LogP contribution in [0.1, 0.15) is 71.6 Å². The molecule has 2 nitrogen and oxygen atoms in total. The Labute approximate surface area is 94.2 Å². The maximum Gasteiger partial charge on any atom is 0.235 e. The second kappa shape index (κ2) is 11.5. The van der Waals surface area contributed by atoms with Crippen LogP contribution in [0.3, 0.4) is 0 Å². The molecule has 0 aliphatic heterocycles. The summed E-state index contributed by atoms with van der Waals surface area (Å²) in [7, 11) is 0. The van der Waals surface area contributed by atoms with E-state index in [4.69, 9.17) is 0 Å². The number of unbranched alkanes of at least 4 members (excludes halogenated alkanes) is 6. The molecule has 0 N–H and O–H groups in total. The number of isocyanates is 1. The summed E-state index contributed by atoms with van der Waals surface area (Å²) in [6, 6.07) is 0.221. The lowest BCUT2D eigenvalue weighted by Crippen LogP contribution is -2.01. The van der Waals surface area contributed by atoms with Crippen molar-refractivity contribution in [2.24, 2.45) is 4.99 Å². The molecule has 0 aromatic heterocycles. The van der Waals surface area contributed by atoms with E-state index in [9.17, 15) is 4.79 Å². The molecule has 15 heavy (non-hydrogen) atoms. The predicted octanol–water partition coefficient (Wildman–Crippen LogP) is 4.24. The first-order valence-electron chi connectivity index (χ1n) is 6.42. The Hall–Kier alpha value is -0.620. The zero-order chi connectivity index (χ0) is 11.4. The van der Waals surface area contributed by atoms with Gasteiger partial charge in [-0.1, -0.05) is 58.8 Å². The van der Waals surface area contributed by atoms with Gasteiger partial charge in [-0.15, -0.1) is 0 Å². The molecule has 2 heteroatoms. The van der Waals surface area contributed by atoms with Gasteiger partial charge < -0.3 is 0 Å². The van der Waals surface area contributed by atoms with Crippen molar-refractivity contribution in [2.45, 2.75) is 77.7 Å². The van der Waals surface area contributed by atoms with Crippen molar-refractivity contribution in [3.63, 3.8) is 0 Å². The second-order valence-corrected chi connectivity index (χ2v) is 4.19. The Balaban J connectivity index is 3.25. The van der Waals surface area contributed by atoms with E-state index < -0.39 is 0 Å². The molecule has 0 radical (unpaired) electrons. The van der Waals surface area contributed by atoms with Crippen LogP contribution >= 0.6 is 0 Å². The number of aliphatic imine (C=N–C) groups is 1. The highest BCUT2D eigenvalue weighted by Gasteiger charge is 2.02. The molecule has 0 aliphatic rings. The molecule has 0 bridgehead atoms. The molecule has 1 unspecified atom stereocenters. The zero-order valence-electron chi connectivity index (χ0n) is 10.3. The van der Waals surface area contributed by atoms with Crippen LogP contribution in [0.25, 0.3) is 0 Å². The number of hydrogen-bond donors (Lipinski definition) is 0. The maximum atomic E-state index is 10.1. The van der Waals surface area contributed by atoms with Gasteiger partial charge in [-0.2, -0.15) is 0 Å². The van der Waals surface area contributed by atoms with Crippen LogP contribution in [0.2, 0.25) is 0 Å². The summed E-state index contributed by atoms with van der Waals surface area (Å²) < 4.78 is 0. The lowest BCUT2D eigenvalue weighted by molar-refractivity contribution is 0.513. The minimum absolute atomic E-state index is 0.221. The quantitative estimate of drug-likeness (QED) is 0.302. The summed E-state index contributed by atoms with van der Waals surface area (Å²) in [5, 5.41) is 0. The number of hydrogen-bond acceptors (Lipinski definition) is 2. The minimum atomic E-state index is 0.221. The minimum Gasteiger partial charge on any atom is -0.211 e. The molecule has 0 aromatic rings. The van der Waals surface area contributed by atoms with Gasteiger partial charge in [0.05, 0.1) is 6.04 Å². The molecule has 0 saturated carbocycles. The van der Waals surface area contributed by atoms with Crippen LogP contribution in [0.5, 0.6) is 0 Å². The van der Waals surface area contributed by atoms with Crippen LogP contribution in [0, 0.1) is 0 Å². The Bertz CT molecular complexity index is 173. The predicted molar refractivity (Wildman–Crippen MR) is 64.8 cm³/mol. The van der Waals surface area contributed by atoms with Crippen LogP contribution in [-0.4, -0.2) is 12.1 Å². The molecular formula is C13H25NO. The van der Waals surface area contributed by atoms with Crippen LogP contribution in [0.4, 0.5) is 0 Å². The molecule has 0 spiro atoms. The summed E-state index contributed by atoms with van der Waals surface area (Å²) in [5.41, 5.74) is 0. The van der Waals surface area contributed by atoms with E-state index >= 15 is 0 Å². The van der Waals surface area contributed by atoms with Crippen LogP contribution < -0.4 is 0 Å². The van der Waals surface area contributed by atoms with Crippen LogP contribution in [0.15, 0.2) is 4.99 Å². The summed E-state index contributed by atoms with van der Waals surface area (Å²) in [6.07, 6.45) is 12.9. The third kappa shape index (κ3) is 9.68. The Kier molecular flexibility index (Phi) is 11.0. The largest absolute Gasteiger partial charge is 0.235 e. The molecule has 0 aromatic carbocycles. The second-order valence-electron chi connectivity index (χ2n) is 4.19. The summed E-state index contributed by atoms with van der Waals surface area (Å²) in [6.45, 7) is 4.32. The average molecular weight is 211 g/mol. The van der Waals surface area contributed by atoms with Crippen LogP contribution in [-0.2, 0) is 4.79 Å². The van der Waals surface area contributed by atoms with E-state index in [0.717, 1.165) is 12.8 Å². The van der Waals surface area contributed by atoms with Gasteiger partial charge in [-0.3, -0.25) is 0 Å². The molecule has 0 saturated heterocycles. The average Bonchev–Trinajstić information content (AvgIpc) is 2.26. The van der Waals surface area contributed by atoms with Gasteiger partial charge in [-0.25, -0.2) is 9.79 Å². The zero-order valence-corrected chi connectivity index (χ0v) is 10.3. The molecule has 0 amide bonds. The van der Waals surface area contributed by atoms with Crippen molar-refractivity contribution in [2.75, 3.05) is 0 Å². The fraction of sp³-hybridized carbons (Fsp3) is 0.923. The van der Waals surface area contributed by atoms with E-state index in [2.05, 4.69) is 18.8 Å². The monoisotopic (exact) mass is 211 g/mol. The van der Waals surface area contributed by atoms with Crippen molar-refractivity contribution in [1.82, 2.24) is 0 Å². The van der Waals surface area contributed by atoms with Gasteiger partial charge >= 0.3 is 0 Å². The molecule has 0 aliphatic carbocycles. The van der Waals surface area contributed by atoms with Gasteiger partial charge in [0.1, 0.15) is 0 Å². The molecule has 0 heterocycles. The SMILES string of the molecule is CCCCCCCCCC(CC)N=C=O. The first-order chi connectivity index (χ1) is 7.35. The van der Waals surface area contributed by atoms with Crippen molar-refractivity contribution < 1.29 is 4.79 Å². The Morgan fingerprint density at radius 3 is 2.13 bits per heavy atom. The Morgan fingerprint density at radius 2 is 1.60 bits per heavy atom. The molecule has 0 rings (SSSR count). The van der Waals surface area contributed by atoms with E-state index in [1.54, 1.807) is 6.08 Å². The van der Waals surface area contributed by atoms with Gasteiger partial charge in [0.2, 0.25) is 6.08 Å². The summed E-state index contributed by atoms with van der Waals surface area (Å²) >= 11 is 0. The summed E-state index contributed by atoms with van der Waals surface area (Å²) in [4.78, 5) is 13.9. The highest BCUT2D eigenvalue weighted by molar-refractivity contribution is 5.33. The number of nitrogens with zero attached hydrogens (tertiary/aromatic N) is 1. The lowest BCUT2D eigenvalue weighted by atomic mass is 10.0. The van der Waals surface area contributed by atoms with E-state index in [1.807, 2.05) is 0 Å². The van der Waals surface area contributed by atoms with Crippen molar-refractivity contribution in [3.8, 4) is 0 Å².